The molecule has 150 valence electrons. The van der Waals surface area contributed by atoms with Gasteiger partial charge in [-0.25, -0.2) is 0 Å². The third kappa shape index (κ3) is 4.78. The molecule has 3 saturated heterocycles. The molecule has 3 heterocycles. The van der Waals surface area contributed by atoms with Gasteiger partial charge in [-0.3, -0.25) is 4.90 Å². The van der Waals surface area contributed by atoms with E-state index in [-0.39, 0.29) is 0 Å². The number of hydrogen-bond acceptors (Lipinski definition) is 5. The SMILES string of the molecule is CSCN1CCC(CN2CCN(CC3CCN(C)CC3)CC2)CC12CC2. The molecule has 3 aliphatic heterocycles. The summed E-state index contributed by atoms with van der Waals surface area (Å²) in [5.74, 6) is 3.16. The highest BCUT2D eigenvalue weighted by Crippen LogP contribution is 2.50. The summed E-state index contributed by atoms with van der Waals surface area (Å²) in [4.78, 5) is 10.8. The van der Waals surface area contributed by atoms with Crippen LogP contribution >= 0.6 is 11.8 Å². The van der Waals surface area contributed by atoms with Gasteiger partial charge in [-0.05, 0) is 83.3 Å². The average molecular weight is 381 g/mol. The second-order valence-electron chi connectivity index (χ2n) is 9.61. The zero-order valence-electron chi connectivity index (χ0n) is 17.2. The summed E-state index contributed by atoms with van der Waals surface area (Å²) >= 11 is 2.01. The monoisotopic (exact) mass is 380 g/mol. The second-order valence-corrected chi connectivity index (χ2v) is 10.4. The predicted octanol–water partition coefficient (Wildman–Crippen LogP) is 2.51. The van der Waals surface area contributed by atoms with Crippen molar-refractivity contribution in [2.45, 2.75) is 44.1 Å². The molecule has 1 unspecified atom stereocenters. The van der Waals surface area contributed by atoms with E-state index in [2.05, 4.69) is 32.9 Å². The lowest BCUT2D eigenvalue weighted by atomic mass is 9.88. The fourth-order valence-corrected chi connectivity index (χ4v) is 6.37. The van der Waals surface area contributed by atoms with Crippen LogP contribution in [-0.4, -0.2) is 103 Å². The van der Waals surface area contributed by atoms with E-state index in [1.54, 1.807) is 0 Å². The van der Waals surface area contributed by atoms with E-state index in [1.807, 2.05) is 11.8 Å². The first kappa shape index (κ1) is 19.5. The van der Waals surface area contributed by atoms with Gasteiger partial charge in [0.25, 0.3) is 0 Å². The summed E-state index contributed by atoms with van der Waals surface area (Å²) in [7, 11) is 2.27. The van der Waals surface area contributed by atoms with Crippen molar-refractivity contribution in [2.24, 2.45) is 11.8 Å². The van der Waals surface area contributed by atoms with Crippen LogP contribution in [0, 0.1) is 11.8 Å². The molecule has 1 aliphatic carbocycles. The fraction of sp³-hybridized carbons (Fsp3) is 1.00. The van der Waals surface area contributed by atoms with Crippen LogP contribution < -0.4 is 0 Å². The van der Waals surface area contributed by atoms with Gasteiger partial charge in [-0.1, -0.05) is 0 Å². The molecule has 26 heavy (non-hydrogen) atoms. The molecule has 0 aromatic rings. The van der Waals surface area contributed by atoms with Gasteiger partial charge in [0.1, 0.15) is 0 Å². The summed E-state index contributed by atoms with van der Waals surface area (Å²) in [5.41, 5.74) is 0.627. The van der Waals surface area contributed by atoms with E-state index in [4.69, 9.17) is 0 Å². The number of piperazine rings is 1. The van der Waals surface area contributed by atoms with E-state index in [0.29, 0.717) is 5.54 Å². The van der Waals surface area contributed by atoms with Crippen LogP contribution in [0.3, 0.4) is 0 Å². The van der Waals surface area contributed by atoms with Crippen molar-refractivity contribution in [3.8, 4) is 0 Å². The number of thioether (sulfide) groups is 1. The number of nitrogens with zero attached hydrogens (tertiary/aromatic N) is 4. The summed E-state index contributed by atoms with van der Waals surface area (Å²) in [6.45, 7) is 11.9. The third-order valence-electron chi connectivity index (χ3n) is 7.59. The Morgan fingerprint density at radius 3 is 1.96 bits per heavy atom. The van der Waals surface area contributed by atoms with Crippen molar-refractivity contribution in [1.29, 1.82) is 0 Å². The maximum Gasteiger partial charge on any atom is 0.0447 e. The molecule has 0 aromatic carbocycles. The van der Waals surface area contributed by atoms with Crippen LogP contribution in [0.1, 0.15) is 38.5 Å². The minimum atomic E-state index is 0.627. The molecule has 1 saturated carbocycles. The predicted molar refractivity (Wildman–Crippen MR) is 113 cm³/mol. The van der Waals surface area contributed by atoms with E-state index < -0.39 is 0 Å². The highest BCUT2D eigenvalue weighted by molar-refractivity contribution is 7.98. The first-order valence-electron chi connectivity index (χ1n) is 11.0. The molecule has 4 fully saturated rings. The van der Waals surface area contributed by atoms with Crippen LogP contribution in [0.2, 0.25) is 0 Å². The van der Waals surface area contributed by atoms with Crippen LogP contribution in [-0.2, 0) is 0 Å². The molecule has 1 spiro atoms. The van der Waals surface area contributed by atoms with Gasteiger partial charge in [0.2, 0.25) is 0 Å². The number of piperidine rings is 2. The van der Waals surface area contributed by atoms with Crippen molar-refractivity contribution in [2.75, 3.05) is 78.1 Å². The molecule has 5 heteroatoms. The topological polar surface area (TPSA) is 13.0 Å². The van der Waals surface area contributed by atoms with Gasteiger partial charge in [0.05, 0.1) is 0 Å². The van der Waals surface area contributed by atoms with Crippen molar-refractivity contribution in [3.63, 3.8) is 0 Å². The third-order valence-corrected chi connectivity index (χ3v) is 8.16. The molecule has 0 amide bonds. The largest absolute Gasteiger partial charge is 0.306 e. The van der Waals surface area contributed by atoms with Crippen LogP contribution in [0.15, 0.2) is 0 Å². The smallest absolute Gasteiger partial charge is 0.0447 e. The second kappa shape index (κ2) is 8.69. The van der Waals surface area contributed by atoms with Crippen LogP contribution in [0.25, 0.3) is 0 Å². The average Bonchev–Trinajstić information content (AvgIpc) is 3.41. The molecule has 4 aliphatic rings. The first-order valence-corrected chi connectivity index (χ1v) is 12.4. The molecule has 1 atom stereocenters. The van der Waals surface area contributed by atoms with Crippen molar-refractivity contribution in [3.05, 3.63) is 0 Å². The Kier molecular flexibility index (Phi) is 6.52. The van der Waals surface area contributed by atoms with Crippen molar-refractivity contribution < 1.29 is 0 Å². The van der Waals surface area contributed by atoms with E-state index >= 15 is 0 Å². The summed E-state index contributed by atoms with van der Waals surface area (Å²) in [6, 6.07) is 0. The van der Waals surface area contributed by atoms with Crippen LogP contribution in [0.4, 0.5) is 0 Å². The van der Waals surface area contributed by atoms with E-state index in [0.717, 1.165) is 11.8 Å². The molecule has 4 rings (SSSR count). The van der Waals surface area contributed by atoms with Gasteiger partial charge in [-0.2, -0.15) is 0 Å². The number of hydrogen-bond donors (Lipinski definition) is 0. The summed E-state index contributed by atoms with van der Waals surface area (Å²) < 4.78 is 0. The zero-order chi connectivity index (χ0) is 18.0. The Balaban J connectivity index is 1.17. The number of likely N-dealkylation sites (tertiary alicyclic amines) is 2. The quantitative estimate of drug-likeness (QED) is 0.700. The lowest BCUT2D eigenvalue weighted by Crippen LogP contribution is -2.51. The molecular weight excluding hydrogens is 340 g/mol. The van der Waals surface area contributed by atoms with Gasteiger partial charge in [-0.15, -0.1) is 11.8 Å². The number of rotatable bonds is 6. The van der Waals surface area contributed by atoms with Crippen molar-refractivity contribution in [1.82, 2.24) is 19.6 Å². The maximum absolute atomic E-state index is 2.80. The Morgan fingerprint density at radius 2 is 1.38 bits per heavy atom. The first-order chi connectivity index (χ1) is 12.7. The van der Waals surface area contributed by atoms with Crippen molar-refractivity contribution >= 4 is 11.8 Å². The molecule has 0 N–H and O–H groups in total. The van der Waals surface area contributed by atoms with Gasteiger partial charge in [0.15, 0.2) is 0 Å². The minimum Gasteiger partial charge on any atom is -0.306 e. The fourth-order valence-electron chi connectivity index (χ4n) is 5.65. The van der Waals surface area contributed by atoms with Gasteiger partial charge < -0.3 is 14.7 Å². The highest BCUT2D eigenvalue weighted by atomic mass is 32.2. The molecule has 0 radical (unpaired) electrons. The highest BCUT2D eigenvalue weighted by Gasteiger charge is 2.51. The van der Waals surface area contributed by atoms with Gasteiger partial charge >= 0.3 is 0 Å². The Morgan fingerprint density at radius 1 is 0.808 bits per heavy atom. The van der Waals surface area contributed by atoms with E-state index in [1.165, 1.54) is 103 Å². The normalized spacial score (nSPS) is 32.3. The summed E-state index contributed by atoms with van der Waals surface area (Å²) in [6.07, 6.45) is 10.9. The lowest BCUT2D eigenvalue weighted by Gasteiger charge is -2.43. The molecule has 4 nitrogen and oxygen atoms in total. The minimum absolute atomic E-state index is 0.627. The summed E-state index contributed by atoms with van der Waals surface area (Å²) in [5, 5.41) is 0. The Labute approximate surface area is 165 Å². The zero-order valence-corrected chi connectivity index (χ0v) is 18.0. The molecular formula is C21H40N4S. The lowest BCUT2D eigenvalue weighted by molar-refractivity contribution is 0.0612. The van der Waals surface area contributed by atoms with Gasteiger partial charge in [0, 0.05) is 50.7 Å². The molecule has 0 aromatic heterocycles. The standard InChI is InChI=1S/C21H40N4S/c1-22-8-3-19(4-9-22)16-23-11-13-24(14-12-23)17-20-5-10-25(18-26-2)21(15-20)6-7-21/h19-20H,3-18H2,1-2H3. The van der Waals surface area contributed by atoms with E-state index in [9.17, 15) is 0 Å². The maximum atomic E-state index is 2.80. The van der Waals surface area contributed by atoms with Crippen LogP contribution in [0.5, 0.6) is 0 Å². The Hall–Kier alpha value is 0.190. The molecule has 0 bridgehead atoms. The Bertz CT molecular complexity index is 439.